The third kappa shape index (κ3) is 4.72. The van der Waals surface area contributed by atoms with E-state index in [0.29, 0.717) is 12.0 Å². The molecule has 1 aliphatic heterocycles. The Hall–Kier alpha value is -0.540. The van der Waals surface area contributed by atoms with Crippen LogP contribution in [0.4, 0.5) is 5.69 Å². The predicted molar refractivity (Wildman–Crippen MR) is 96.0 cm³/mol. The highest BCUT2D eigenvalue weighted by Gasteiger charge is 2.23. The van der Waals surface area contributed by atoms with Gasteiger partial charge in [0.15, 0.2) is 0 Å². The van der Waals surface area contributed by atoms with Crippen molar-refractivity contribution < 1.29 is 0 Å². The molecule has 0 amide bonds. The summed E-state index contributed by atoms with van der Waals surface area (Å²) in [5.74, 6) is 0.697. The number of nitrogens with one attached hydrogen (secondary N) is 1. The molecule has 3 heteroatoms. The van der Waals surface area contributed by atoms with Gasteiger partial charge in [-0.1, -0.05) is 42.8 Å². The Morgan fingerprint density at radius 2 is 2.14 bits per heavy atom. The van der Waals surface area contributed by atoms with Crippen LogP contribution in [0.3, 0.4) is 0 Å². The fourth-order valence-corrected chi connectivity index (χ4v) is 3.54. The number of nitrogens with zero attached hydrogens (tertiary/aromatic N) is 1. The maximum Gasteiger partial charge on any atom is 0.0425 e. The molecule has 1 heterocycles. The molecule has 1 fully saturated rings. The topological polar surface area (TPSA) is 15.3 Å². The third-order valence-electron chi connectivity index (χ3n) is 4.32. The van der Waals surface area contributed by atoms with Gasteiger partial charge in [-0.05, 0) is 55.8 Å². The van der Waals surface area contributed by atoms with Crippen molar-refractivity contribution in [2.75, 3.05) is 18.0 Å². The van der Waals surface area contributed by atoms with Gasteiger partial charge in [0.2, 0.25) is 0 Å². The van der Waals surface area contributed by atoms with Gasteiger partial charge in [0.25, 0.3) is 0 Å². The Kier molecular flexibility index (Phi) is 6.56. The van der Waals surface area contributed by atoms with Crippen LogP contribution in [-0.2, 0) is 6.54 Å². The van der Waals surface area contributed by atoms with Gasteiger partial charge in [0, 0.05) is 29.3 Å². The van der Waals surface area contributed by atoms with Crippen LogP contribution in [-0.4, -0.2) is 19.1 Å². The molecular formula is C18H29BrN2. The Morgan fingerprint density at radius 3 is 2.86 bits per heavy atom. The number of rotatable bonds is 6. The molecule has 1 N–H and O–H groups in total. The summed E-state index contributed by atoms with van der Waals surface area (Å²) in [6, 6.07) is 7.45. The molecule has 1 unspecified atom stereocenters. The van der Waals surface area contributed by atoms with E-state index in [2.05, 4.69) is 65.1 Å². The van der Waals surface area contributed by atoms with Crippen molar-refractivity contribution in [3.05, 3.63) is 28.2 Å². The second-order valence-corrected chi connectivity index (χ2v) is 7.46. The number of benzene rings is 1. The molecular weight excluding hydrogens is 324 g/mol. The minimum atomic E-state index is 0.697. The SMILES string of the molecule is CCC1CCCCN1c1cc(Br)ccc1CNCC(C)C. The number of hydrogen-bond acceptors (Lipinski definition) is 2. The fraction of sp³-hybridized carbons (Fsp3) is 0.667. The zero-order valence-electron chi connectivity index (χ0n) is 13.7. The summed E-state index contributed by atoms with van der Waals surface area (Å²) in [6.07, 6.45) is 5.28. The molecule has 1 aromatic carbocycles. The predicted octanol–water partition coefficient (Wildman–Crippen LogP) is 4.96. The van der Waals surface area contributed by atoms with E-state index < -0.39 is 0 Å². The highest BCUT2D eigenvalue weighted by Crippen LogP contribution is 2.31. The first-order chi connectivity index (χ1) is 10.1. The zero-order chi connectivity index (χ0) is 15.2. The van der Waals surface area contributed by atoms with Crippen molar-refractivity contribution in [3.8, 4) is 0 Å². The lowest BCUT2D eigenvalue weighted by Crippen LogP contribution is -2.40. The molecule has 118 valence electrons. The molecule has 2 rings (SSSR count). The van der Waals surface area contributed by atoms with Crippen LogP contribution in [0.15, 0.2) is 22.7 Å². The smallest absolute Gasteiger partial charge is 0.0425 e. The average Bonchev–Trinajstić information content (AvgIpc) is 2.48. The third-order valence-corrected chi connectivity index (χ3v) is 4.82. The van der Waals surface area contributed by atoms with Crippen LogP contribution in [0.1, 0.15) is 52.0 Å². The lowest BCUT2D eigenvalue weighted by molar-refractivity contribution is 0.448. The molecule has 0 spiro atoms. The van der Waals surface area contributed by atoms with Crippen LogP contribution < -0.4 is 10.2 Å². The molecule has 0 bridgehead atoms. The van der Waals surface area contributed by atoms with E-state index in [1.165, 1.54) is 48.0 Å². The number of anilines is 1. The van der Waals surface area contributed by atoms with E-state index in [1.54, 1.807) is 0 Å². The summed E-state index contributed by atoms with van der Waals surface area (Å²) in [4.78, 5) is 2.64. The van der Waals surface area contributed by atoms with E-state index in [4.69, 9.17) is 0 Å². The van der Waals surface area contributed by atoms with Gasteiger partial charge < -0.3 is 10.2 Å². The monoisotopic (exact) mass is 352 g/mol. The van der Waals surface area contributed by atoms with Crippen LogP contribution in [0.5, 0.6) is 0 Å². The normalized spacial score (nSPS) is 19.3. The average molecular weight is 353 g/mol. The molecule has 0 radical (unpaired) electrons. The Morgan fingerprint density at radius 1 is 1.33 bits per heavy atom. The second kappa shape index (κ2) is 8.19. The van der Waals surface area contributed by atoms with E-state index in [0.717, 1.165) is 13.1 Å². The molecule has 1 aromatic rings. The highest BCUT2D eigenvalue weighted by molar-refractivity contribution is 9.10. The zero-order valence-corrected chi connectivity index (χ0v) is 15.2. The first-order valence-electron chi connectivity index (χ1n) is 8.37. The minimum absolute atomic E-state index is 0.697. The van der Waals surface area contributed by atoms with Crippen LogP contribution >= 0.6 is 15.9 Å². The molecule has 0 aliphatic carbocycles. The minimum Gasteiger partial charge on any atom is -0.368 e. The van der Waals surface area contributed by atoms with E-state index >= 15 is 0 Å². The van der Waals surface area contributed by atoms with Gasteiger partial charge in [-0.25, -0.2) is 0 Å². The summed E-state index contributed by atoms with van der Waals surface area (Å²) < 4.78 is 1.19. The van der Waals surface area contributed by atoms with Crippen LogP contribution in [0.25, 0.3) is 0 Å². The molecule has 1 saturated heterocycles. The highest BCUT2D eigenvalue weighted by atomic mass is 79.9. The van der Waals surface area contributed by atoms with E-state index in [-0.39, 0.29) is 0 Å². The Labute approximate surface area is 138 Å². The molecule has 21 heavy (non-hydrogen) atoms. The van der Waals surface area contributed by atoms with E-state index in [1.807, 2.05) is 0 Å². The standard InChI is InChI=1S/C18H29BrN2/c1-4-17-7-5-6-10-21(17)18-11-16(19)9-8-15(18)13-20-12-14(2)3/h8-9,11,14,17,20H,4-7,10,12-13H2,1-3H3. The maximum atomic E-state index is 3.65. The number of hydrogen-bond donors (Lipinski definition) is 1. The van der Waals surface area contributed by atoms with Crippen LogP contribution in [0, 0.1) is 5.92 Å². The molecule has 0 aromatic heterocycles. The summed E-state index contributed by atoms with van der Waals surface area (Å²) in [5, 5.41) is 3.59. The van der Waals surface area contributed by atoms with Gasteiger partial charge in [-0.2, -0.15) is 0 Å². The molecule has 1 atom stereocenters. The number of piperidine rings is 1. The van der Waals surface area contributed by atoms with Crippen molar-refractivity contribution in [2.24, 2.45) is 5.92 Å². The van der Waals surface area contributed by atoms with Gasteiger partial charge in [0.1, 0.15) is 0 Å². The van der Waals surface area contributed by atoms with Crippen molar-refractivity contribution in [1.29, 1.82) is 0 Å². The summed E-state index contributed by atoms with van der Waals surface area (Å²) in [7, 11) is 0. The van der Waals surface area contributed by atoms with Crippen molar-refractivity contribution in [3.63, 3.8) is 0 Å². The van der Waals surface area contributed by atoms with Crippen molar-refractivity contribution >= 4 is 21.6 Å². The Bertz CT molecular complexity index is 445. The van der Waals surface area contributed by atoms with Crippen LogP contribution in [0.2, 0.25) is 0 Å². The van der Waals surface area contributed by atoms with Gasteiger partial charge in [-0.15, -0.1) is 0 Å². The van der Waals surface area contributed by atoms with Gasteiger partial charge in [-0.3, -0.25) is 0 Å². The molecule has 0 saturated carbocycles. The quantitative estimate of drug-likeness (QED) is 0.777. The fourth-order valence-electron chi connectivity index (χ4n) is 3.19. The van der Waals surface area contributed by atoms with Gasteiger partial charge >= 0.3 is 0 Å². The first kappa shape index (κ1) is 16.8. The lowest BCUT2D eigenvalue weighted by atomic mass is 9.98. The lowest BCUT2D eigenvalue weighted by Gasteiger charge is -2.38. The first-order valence-corrected chi connectivity index (χ1v) is 9.17. The number of halogens is 1. The summed E-state index contributed by atoms with van der Waals surface area (Å²) >= 11 is 3.65. The second-order valence-electron chi connectivity index (χ2n) is 6.55. The van der Waals surface area contributed by atoms with Crippen molar-refractivity contribution in [2.45, 2.75) is 59.0 Å². The molecule has 2 nitrogen and oxygen atoms in total. The van der Waals surface area contributed by atoms with Gasteiger partial charge in [0.05, 0.1) is 0 Å². The summed E-state index contributed by atoms with van der Waals surface area (Å²) in [5.41, 5.74) is 2.85. The molecule has 1 aliphatic rings. The Balaban J connectivity index is 2.17. The van der Waals surface area contributed by atoms with Crippen molar-refractivity contribution in [1.82, 2.24) is 5.32 Å². The van der Waals surface area contributed by atoms with E-state index in [9.17, 15) is 0 Å². The summed E-state index contributed by atoms with van der Waals surface area (Å²) in [6.45, 7) is 10.1. The largest absolute Gasteiger partial charge is 0.368 e. The maximum absolute atomic E-state index is 3.65.